The summed E-state index contributed by atoms with van der Waals surface area (Å²) < 4.78 is 14.7. The summed E-state index contributed by atoms with van der Waals surface area (Å²) >= 11 is 0. The molecule has 7 nitrogen and oxygen atoms in total. The number of nitrogens with two attached hydrogens (primary N) is 1. The molecule has 0 radical (unpaired) electrons. The molecule has 0 aromatic carbocycles. The van der Waals surface area contributed by atoms with Gasteiger partial charge < -0.3 is 15.4 Å². The van der Waals surface area contributed by atoms with Crippen LogP contribution in [-0.2, 0) is 6.54 Å². The lowest BCUT2D eigenvalue weighted by molar-refractivity contribution is 0.205. The van der Waals surface area contributed by atoms with Crippen molar-refractivity contribution < 1.29 is 9.50 Å². The van der Waals surface area contributed by atoms with E-state index in [0.29, 0.717) is 0 Å². The molecule has 0 fully saturated rings. The number of nitrogen functional groups attached to an aromatic ring is 1. The quantitative estimate of drug-likeness (QED) is 0.663. The Morgan fingerprint density at radius 3 is 3.12 bits per heavy atom. The second kappa shape index (κ2) is 4.50. The third kappa shape index (κ3) is 2.26. The average Bonchev–Trinajstić information content (AvgIpc) is 2.62. The van der Waals surface area contributed by atoms with Crippen molar-refractivity contribution in [3.05, 3.63) is 16.7 Å². The van der Waals surface area contributed by atoms with E-state index in [1.54, 1.807) is 0 Å². The lowest BCUT2D eigenvalue weighted by Gasteiger charge is -2.07. The molecule has 8 heteroatoms. The number of rotatable bonds is 4. The van der Waals surface area contributed by atoms with Crippen molar-refractivity contribution in [1.29, 1.82) is 0 Å². The molecule has 0 bridgehead atoms. The van der Waals surface area contributed by atoms with Crippen LogP contribution in [0.1, 0.15) is 6.42 Å². The van der Waals surface area contributed by atoms with Crippen LogP contribution in [0.25, 0.3) is 11.2 Å². The van der Waals surface area contributed by atoms with Gasteiger partial charge in [-0.1, -0.05) is 0 Å². The minimum Gasteiger partial charge on any atom is -0.396 e. The third-order valence-electron chi connectivity index (χ3n) is 2.33. The molecule has 0 aliphatic rings. The molecule has 0 unspecified atom stereocenters. The maximum atomic E-state index is 13.3. The predicted octanol–water partition coefficient (Wildman–Crippen LogP) is -0.578. The molecule has 0 saturated carbocycles. The normalized spacial score (nSPS) is 13.1. The molecule has 0 aliphatic carbocycles. The van der Waals surface area contributed by atoms with Gasteiger partial charge in [-0.2, -0.15) is 4.98 Å². The highest BCUT2D eigenvalue weighted by atomic mass is 19.1. The molecular weight excluding hydrogens is 229 g/mol. The Balaban J connectivity index is 2.39. The molecule has 1 atom stereocenters. The van der Waals surface area contributed by atoms with Crippen LogP contribution in [0.5, 0.6) is 0 Å². The van der Waals surface area contributed by atoms with Gasteiger partial charge >= 0.3 is 0 Å². The summed E-state index contributed by atoms with van der Waals surface area (Å²) in [5.74, 6) is -0.0400. The van der Waals surface area contributed by atoms with Crippen LogP contribution in [0.3, 0.4) is 0 Å². The molecule has 0 spiro atoms. The topological polar surface area (TPSA) is 110 Å². The maximum Gasteiger partial charge on any atom is 0.280 e. The van der Waals surface area contributed by atoms with Crippen LogP contribution in [-0.4, -0.2) is 37.4 Å². The standard InChI is InChI=1S/C9H12FN5O2/c10-5(1-2-16)3-15-4-12-6-7(15)13-9(11)14-8(6)17/h4-5,16H,1-3H2,(H3,11,13,14,17)/t5-/m0/s1. The van der Waals surface area contributed by atoms with E-state index in [1.165, 1.54) is 10.9 Å². The Kier molecular flexibility index (Phi) is 3.05. The molecule has 0 amide bonds. The van der Waals surface area contributed by atoms with E-state index in [4.69, 9.17) is 10.8 Å². The Labute approximate surface area is 95.1 Å². The molecule has 0 aliphatic heterocycles. The van der Waals surface area contributed by atoms with Gasteiger partial charge in [0.25, 0.3) is 5.56 Å². The van der Waals surface area contributed by atoms with E-state index < -0.39 is 11.7 Å². The van der Waals surface area contributed by atoms with Gasteiger partial charge in [0, 0.05) is 13.0 Å². The fourth-order valence-corrected chi connectivity index (χ4v) is 1.55. The summed E-state index contributed by atoms with van der Waals surface area (Å²) in [6, 6.07) is 0. The summed E-state index contributed by atoms with van der Waals surface area (Å²) in [6.45, 7) is -0.253. The largest absolute Gasteiger partial charge is 0.396 e. The zero-order valence-corrected chi connectivity index (χ0v) is 8.93. The Morgan fingerprint density at radius 2 is 2.41 bits per heavy atom. The number of aliphatic hydroxyl groups is 1. The highest BCUT2D eigenvalue weighted by Crippen LogP contribution is 2.09. The first-order valence-electron chi connectivity index (χ1n) is 5.07. The van der Waals surface area contributed by atoms with Crippen molar-refractivity contribution >= 4 is 17.1 Å². The van der Waals surface area contributed by atoms with Gasteiger partial charge in [-0.25, -0.2) is 9.37 Å². The summed E-state index contributed by atoms with van der Waals surface area (Å²) in [5.41, 5.74) is 5.31. The van der Waals surface area contributed by atoms with E-state index >= 15 is 0 Å². The van der Waals surface area contributed by atoms with Gasteiger partial charge in [-0.15, -0.1) is 0 Å². The molecule has 92 valence electrons. The van der Waals surface area contributed by atoms with Gasteiger partial charge in [0.1, 0.15) is 6.17 Å². The smallest absolute Gasteiger partial charge is 0.280 e. The van der Waals surface area contributed by atoms with Crippen LogP contribution >= 0.6 is 0 Å². The second-order valence-electron chi connectivity index (χ2n) is 3.63. The fraction of sp³-hybridized carbons (Fsp3) is 0.444. The number of hydrogen-bond acceptors (Lipinski definition) is 5. The van der Waals surface area contributed by atoms with E-state index in [2.05, 4.69) is 15.0 Å². The third-order valence-corrected chi connectivity index (χ3v) is 2.33. The fourth-order valence-electron chi connectivity index (χ4n) is 1.55. The van der Waals surface area contributed by atoms with Crippen molar-refractivity contribution in [3.63, 3.8) is 0 Å². The van der Waals surface area contributed by atoms with Crippen molar-refractivity contribution in [3.8, 4) is 0 Å². The number of aromatic nitrogens is 4. The number of halogens is 1. The van der Waals surface area contributed by atoms with Crippen LogP contribution in [0.4, 0.5) is 10.3 Å². The number of aliphatic hydroxyl groups excluding tert-OH is 1. The molecule has 2 heterocycles. The molecule has 17 heavy (non-hydrogen) atoms. The Hall–Kier alpha value is -1.96. The lowest BCUT2D eigenvalue weighted by atomic mass is 10.3. The van der Waals surface area contributed by atoms with Gasteiger partial charge in [0.2, 0.25) is 5.95 Å². The average molecular weight is 241 g/mol. The first-order chi connectivity index (χ1) is 8.11. The van der Waals surface area contributed by atoms with Gasteiger partial charge in [-0.05, 0) is 0 Å². The highest BCUT2D eigenvalue weighted by molar-refractivity contribution is 5.70. The first kappa shape index (κ1) is 11.5. The summed E-state index contributed by atoms with van der Waals surface area (Å²) in [6.07, 6.45) is 0.133. The number of aromatic amines is 1. The number of anilines is 1. The number of H-pyrrole nitrogens is 1. The number of nitrogens with one attached hydrogen (secondary N) is 1. The van der Waals surface area contributed by atoms with Gasteiger partial charge in [-0.3, -0.25) is 9.78 Å². The predicted molar refractivity (Wildman–Crippen MR) is 59.2 cm³/mol. The van der Waals surface area contributed by atoms with E-state index in [0.717, 1.165) is 0 Å². The Bertz CT molecular complexity index is 578. The molecular formula is C9H12FN5O2. The van der Waals surface area contributed by atoms with Crippen molar-refractivity contribution in [2.24, 2.45) is 0 Å². The van der Waals surface area contributed by atoms with Crippen LogP contribution < -0.4 is 11.3 Å². The molecule has 4 N–H and O–H groups in total. The molecule has 2 aromatic rings. The van der Waals surface area contributed by atoms with Crippen molar-refractivity contribution in [1.82, 2.24) is 19.5 Å². The molecule has 2 rings (SSSR count). The maximum absolute atomic E-state index is 13.3. The number of alkyl halides is 1. The van der Waals surface area contributed by atoms with E-state index in [9.17, 15) is 9.18 Å². The zero-order chi connectivity index (χ0) is 12.4. The van der Waals surface area contributed by atoms with Crippen molar-refractivity contribution in [2.45, 2.75) is 19.1 Å². The summed E-state index contributed by atoms with van der Waals surface area (Å²) in [5, 5.41) is 8.61. The highest BCUT2D eigenvalue weighted by Gasteiger charge is 2.13. The summed E-state index contributed by atoms with van der Waals surface area (Å²) in [7, 11) is 0. The van der Waals surface area contributed by atoms with Gasteiger partial charge in [0.05, 0.1) is 12.9 Å². The number of hydrogen-bond donors (Lipinski definition) is 3. The van der Waals surface area contributed by atoms with Crippen LogP contribution in [0.2, 0.25) is 0 Å². The minimum absolute atomic E-state index is 0.0209. The summed E-state index contributed by atoms with van der Waals surface area (Å²) in [4.78, 5) is 21.5. The molecule has 0 saturated heterocycles. The first-order valence-corrected chi connectivity index (χ1v) is 5.07. The minimum atomic E-state index is -1.22. The van der Waals surface area contributed by atoms with Crippen LogP contribution in [0, 0.1) is 0 Å². The second-order valence-corrected chi connectivity index (χ2v) is 3.63. The SMILES string of the molecule is Nc1nc2c(ncn2C[C@@H](F)CCO)c(=O)[nH]1. The Morgan fingerprint density at radius 1 is 1.65 bits per heavy atom. The van der Waals surface area contributed by atoms with E-state index in [-0.39, 0.29) is 36.7 Å². The number of nitrogens with zero attached hydrogens (tertiary/aromatic N) is 3. The monoisotopic (exact) mass is 241 g/mol. The number of imidazole rings is 1. The molecule has 2 aromatic heterocycles. The van der Waals surface area contributed by atoms with E-state index in [1.807, 2.05) is 0 Å². The number of fused-ring (bicyclic) bond motifs is 1. The lowest BCUT2D eigenvalue weighted by Crippen LogP contribution is -2.15. The zero-order valence-electron chi connectivity index (χ0n) is 8.93. The van der Waals surface area contributed by atoms with Gasteiger partial charge in [0.15, 0.2) is 11.2 Å². The van der Waals surface area contributed by atoms with Crippen LogP contribution in [0.15, 0.2) is 11.1 Å². The van der Waals surface area contributed by atoms with Crippen molar-refractivity contribution in [2.75, 3.05) is 12.3 Å².